The molecular formula is C20H31NO2. The van der Waals surface area contributed by atoms with E-state index in [1.807, 2.05) is 0 Å². The molecule has 1 spiro atoms. The number of carbonyl (C=O) groups is 1. The van der Waals surface area contributed by atoms with Gasteiger partial charge in [-0.3, -0.25) is 4.99 Å². The maximum atomic E-state index is 13.1. The average molecular weight is 317 g/mol. The molecule has 2 bridgehead atoms. The van der Waals surface area contributed by atoms with Crippen LogP contribution in [0.5, 0.6) is 0 Å². The number of hydrogen-bond acceptors (Lipinski definition) is 3. The fraction of sp³-hybridized carbons (Fsp3) is 0.900. The Morgan fingerprint density at radius 1 is 1.09 bits per heavy atom. The summed E-state index contributed by atoms with van der Waals surface area (Å²) in [6, 6.07) is 0. The monoisotopic (exact) mass is 317 g/mol. The van der Waals surface area contributed by atoms with Crippen LogP contribution in [-0.4, -0.2) is 22.8 Å². The van der Waals surface area contributed by atoms with Crippen LogP contribution in [0.3, 0.4) is 0 Å². The van der Waals surface area contributed by atoms with Crippen molar-refractivity contribution in [1.29, 1.82) is 0 Å². The summed E-state index contributed by atoms with van der Waals surface area (Å²) in [5.41, 5.74) is 0.408. The average Bonchev–Trinajstić information content (AvgIpc) is 2.45. The number of esters is 1. The minimum absolute atomic E-state index is 0.0452. The fourth-order valence-electron chi connectivity index (χ4n) is 6.11. The molecule has 5 rings (SSSR count). The lowest BCUT2D eigenvalue weighted by Crippen LogP contribution is -2.70. The van der Waals surface area contributed by atoms with Gasteiger partial charge in [-0.25, -0.2) is 4.79 Å². The Kier molecular flexibility index (Phi) is 3.00. The van der Waals surface area contributed by atoms with E-state index in [1.54, 1.807) is 0 Å². The quantitative estimate of drug-likeness (QED) is 0.626. The van der Waals surface area contributed by atoms with Gasteiger partial charge in [-0.2, -0.15) is 0 Å². The largest absolute Gasteiger partial charge is 0.451 e. The standard InChI is InChI=1S/C20H31NO2/c1-11-7-13(3)20(10-12(11)2)17(22)23-19(6)15-8-14(18(15,4)5)9-16(19)21-20/h11-15H,7-10H2,1-6H3/t11-,12+,13-,14-,15-,19-,20+/m1/s1. The second-order valence-corrected chi connectivity index (χ2v) is 9.79. The normalized spacial score (nSPS) is 53.9. The lowest BCUT2D eigenvalue weighted by molar-refractivity contribution is -0.197. The minimum Gasteiger partial charge on any atom is -0.451 e. The van der Waals surface area contributed by atoms with Crippen molar-refractivity contribution in [2.45, 2.75) is 78.4 Å². The zero-order valence-corrected chi connectivity index (χ0v) is 15.5. The van der Waals surface area contributed by atoms with Crippen molar-refractivity contribution < 1.29 is 9.53 Å². The Bertz CT molecular complexity index is 594. The summed E-state index contributed by atoms with van der Waals surface area (Å²) in [6.07, 6.45) is 4.13. The van der Waals surface area contributed by atoms with Crippen LogP contribution in [0.4, 0.5) is 0 Å². The zero-order valence-electron chi connectivity index (χ0n) is 15.5. The molecule has 4 fully saturated rings. The molecule has 1 aliphatic heterocycles. The van der Waals surface area contributed by atoms with Crippen molar-refractivity contribution in [3.05, 3.63) is 0 Å². The number of rotatable bonds is 0. The van der Waals surface area contributed by atoms with E-state index < -0.39 is 11.1 Å². The van der Waals surface area contributed by atoms with Gasteiger partial charge < -0.3 is 4.74 Å². The van der Waals surface area contributed by atoms with Crippen molar-refractivity contribution in [2.75, 3.05) is 0 Å². The molecule has 128 valence electrons. The molecule has 0 unspecified atom stereocenters. The molecule has 0 aromatic carbocycles. The van der Waals surface area contributed by atoms with E-state index in [0.29, 0.717) is 23.7 Å². The van der Waals surface area contributed by atoms with Crippen LogP contribution in [-0.2, 0) is 9.53 Å². The topological polar surface area (TPSA) is 38.7 Å². The van der Waals surface area contributed by atoms with E-state index in [2.05, 4.69) is 41.5 Å². The summed E-state index contributed by atoms with van der Waals surface area (Å²) in [6.45, 7) is 13.6. The van der Waals surface area contributed by atoms with Gasteiger partial charge in [-0.15, -0.1) is 0 Å². The second-order valence-electron chi connectivity index (χ2n) is 9.79. The Morgan fingerprint density at radius 2 is 1.78 bits per heavy atom. The molecule has 1 heterocycles. The molecule has 5 aliphatic rings. The highest BCUT2D eigenvalue weighted by atomic mass is 16.6. The van der Waals surface area contributed by atoms with Crippen LogP contribution in [0, 0.1) is 35.0 Å². The summed E-state index contributed by atoms with van der Waals surface area (Å²) in [7, 11) is 0. The molecule has 7 atom stereocenters. The van der Waals surface area contributed by atoms with E-state index in [9.17, 15) is 4.79 Å². The maximum absolute atomic E-state index is 13.1. The number of nitrogens with zero attached hydrogens (tertiary/aromatic N) is 1. The minimum atomic E-state index is -0.602. The van der Waals surface area contributed by atoms with Crippen molar-refractivity contribution in [3.8, 4) is 0 Å². The lowest BCUT2D eigenvalue weighted by Gasteiger charge is -2.65. The van der Waals surface area contributed by atoms with Gasteiger partial charge in [-0.1, -0.05) is 34.6 Å². The molecule has 0 aromatic heterocycles. The molecular weight excluding hydrogens is 286 g/mol. The third kappa shape index (κ3) is 1.77. The first kappa shape index (κ1) is 15.7. The molecule has 0 aromatic rings. The van der Waals surface area contributed by atoms with Crippen molar-refractivity contribution >= 4 is 11.7 Å². The molecule has 4 saturated carbocycles. The van der Waals surface area contributed by atoms with Crippen molar-refractivity contribution in [2.24, 2.45) is 40.0 Å². The Morgan fingerprint density at radius 3 is 2.43 bits per heavy atom. The van der Waals surface area contributed by atoms with Crippen LogP contribution in [0.25, 0.3) is 0 Å². The fourth-order valence-corrected chi connectivity index (χ4v) is 6.11. The summed E-state index contributed by atoms with van der Waals surface area (Å²) in [5, 5.41) is 0. The zero-order chi connectivity index (χ0) is 16.8. The van der Waals surface area contributed by atoms with Gasteiger partial charge in [-0.05, 0) is 61.7 Å². The van der Waals surface area contributed by atoms with Gasteiger partial charge in [0.15, 0.2) is 11.1 Å². The van der Waals surface area contributed by atoms with Crippen LogP contribution in [0.1, 0.15) is 67.2 Å². The second kappa shape index (κ2) is 4.40. The van der Waals surface area contributed by atoms with Gasteiger partial charge in [0.2, 0.25) is 0 Å². The maximum Gasteiger partial charge on any atom is 0.335 e. The van der Waals surface area contributed by atoms with Crippen LogP contribution in [0.15, 0.2) is 4.99 Å². The number of carbonyl (C=O) groups excluding carboxylic acids is 1. The van der Waals surface area contributed by atoms with Crippen LogP contribution in [0.2, 0.25) is 0 Å². The molecule has 0 amide bonds. The highest BCUT2D eigenvalue weighted by Crippen LogP contribution is 2.64. The van der Waals surface area contributed by atoms with E-state index in [0.717, 1.165) is 19.3 Å². The highest BCUT2D eigenvalue weighted by Gasteiger charge is 2.67. The lowest BCUT2D eigenvalue weighted by atomic mass is 9.43. The third-order valence-electron chi connectivity index (χ3n) is 8.29. The Hall–Kier alpha value is -0.860. The first-order valence-corrected chi connectivity index (χ1v) is 9.44. The summed E-state index contributed by atoms with van der Waals surface area (Å²) in [5.74, 6) is 2.57. The van der Waals surface area contributed by atoms with Gasteiger partial charge in [0.25, 0.3) is 0 Å². The predicted molar refractivity (Wildman–Crippen MR) is 91.4 cm³/mol. The molecule has 23 heavy (non-hydrogen) atoms. The summed E-state index contributed by atoms with van der Waals surface area (Å²) in [4.78, 5) is 18.3. The Balaban J connectivity index is 1.76. The van der Waals surface area contributed by atoms with Crippen LogP contribution < -0.4 is 0 Å². The van der Waals surface area contributed by atoms with E-state index in [4.69, 9.17) is 9.73 Å². The van der Waals surface area contributed by atoms with Gasteiger partial charge in [0, 0.05) is 5.92 Å². The Labute approximate surface area is 140 Å². The van der Waals surface area contributed by atoms with E-state index in [1.165, 1.54) is 12.1 Å². The number of aliphatic imine (C=N–C) groups is 1. The molecule has 3 nitrogen and oxygen atoms in total. The SMILES string of the molecule is C[C@@H]1C[C@@H](C)[C@]2(C[C@@H]1C)N=C1C[C@H]3C[C@H](C3(C)C)[C@@]1(C)OC2=O. The predicted octanol–water partition coefficient (Wildman–Crippen LogP) is 4.25. The molecule has 0 saturated heterocycles. The van der Waals surface area contributed by atoms with Gasteiger partial charge in [0.05, 0.1) is 5.71 Å². The smallest absolute Gasteiger partial charge is 0.335 e. The van der Waals surface area contributed by atoms with Crippen molar-refractivity contribution in [3.63, 3.8) is 0 Å². The third-order valence-corrected chi connectivity index (χ3v) is 8.29. The van der Waals surface area contributed by atoms with Crippen LogP contribution >= 0.6 is 0 Å². The van der Waals surface area contributed by atoms with E-state index in [-0.39, 0.29) is 17.3 Å². The summed E-state index contributed by atoms with van der Waals surface area (Å²) < 4.78 is 6.24. The number of hydrogen-bond donors (Lipinski definition) is 0. The van der Waals surface area contributed by atoms with E-state index >= 15 is 0 Å². The van der Waals surface area contributed by atoms with Gasteiger partial charge in [0.1, 0.15) is 0 Å². The van der Waals surface area contributed by atoms with Crippen molar-refractivity contribution in [1.82, 2.24) is 0 Å². The highest BCUT2D eigenvalue weighted by molar-refractivity contribution is 6.02. The van der Waals surface area contributed by atoms with Gasteiger partial charge >= 0.3 is 5.97 Å². The molecule has 4 aliphatic carbocycles. The molecule has 0 radical (unpaired) electrons. The first-order chi connectivity index (χ1) is 10.6. The number of ether oxygens (including phenoxy) is 1. The molecule has 3 heteroatoms. The summed E-state index contributed by atoms with van der Waals surface area (Å²) >= 11 is 0. The first-order valence-electron chi connectivity index (χ1n) is 9.44. The molecule has 0 N–H and O–H groups in total.